The Balaban J connectivity index is 2.18. The lowest BCUT2D eigenvalue weighted by molar-refractivity contribution is -0.384. The Morgan fingerprint density at radius 3 is 2.83 bits per heavy atom. The van der Waals surface area contributed by atoms with Gasteiger partial charge in [-0.25, -0.2) is 4.98 Å². The van der Waals surface area contributed by atoms with Gasteiger partial charge in [-0.1, -0.05) is 0 Å². The van der Waals surface area contributed by atoms with Crippen LogP contribution in [-0.4, -0.2) is 17.0 Å². The van der Waals surface area contributed by atoms with Crippen LogP contribution in [0.4, 0.5) is 17.3 Å². The van der Waals surface area contributed by atoms with E-state index in [1.165, 1.54) is 6.07 Å². The predicted molar refractivity (Wildman–Crippen MR) is 66.1 cm³/mol. The van der Waals surface area contributed by atoms with Crippen LogP contribution in [0, 0.1) is 10.1 Å². The van der Waals surface area contributed by atoms with Gasteiger partial charge in [0.1, 0.15) is 11.6 Å². The fraction of sp³-hybridized carbons (Fsp3) is 0.182. The van der Waals surface area contributed by atoms with Crippen molar-refractivity contribution < 1.29 is 9.34 Å². The molecule has 2 rings (SSSR count). The van der Waals surface area contributed by atoms with E-state index in [0.717, 1.165) is 5.76 Å². The summed E-state index contributed by atoms with van der Waals surface area (Å²) in [5, 5.41) is 10.6. The van der Waals surface area contributed by atoms with Gasteiger partial charge in [0.05, 0.1) is 17.7 Å². The summed E-state index contributed by atoms with van der Waals surface area (Å²) in [4.78, 5) is 15.8. The second-order valence-electron chi connectivity index (χ2n) is 3.77. The van der Waals surface area contributed by atoms with Crippen LogP contribution >= 0.6 is 0 Å². The third-order valence-electron chi connectivity index (χ3n) is 2.45. The van der Waals surface area contributed by atoms with Gasteiger partial charge < -0.3 is 15.1 Å². The number of aromatic nitrogens is 1. The van der Waals surface area contributed by atoms with E-state index in [-0.39, 0.29) is 11.5 Å². The molecule has 0 aromatic carbocycles. The number of nitrogens with two attached hydrogens (primary N) is 1. The van der Waals surface area contributed by atoms with Gasteiger partial charge in [-0.3, -0.25) is 10.1 Å². The lowest BCUT2D eigenvalue weighted by atomic mass is 10.3. The fourth-order valence-electron chi connectivity index (χ4n) is 1.54. The Morgan fingerprint density at radius 2 is 2.28 bits per heavy atom. The van der Waals surface area contributed by atoms with Crippen LogP contribution in [-0.2, 0) is 6.54 Å². The highest BCUT2D eigenvalue weighted by atomic mass is 16.6. The molecule has 0 aliphatic carbocycles. The smallest absolute Gasteiger partial charge is 0.311 e. The highest BCUT2D eigenvalue weighted by Gasteiger charge is 2.14. The standard InChI is InChI=1S/C11H12N4O3/c1-14(7-8-3-2-6-18-8)10-5-4-9(15(16)17)11(12)13-10/h2-6H,7H2,1H3,(H2,12,13). The lowest BCUT2D eigenvalue weighted by Gasteiger charge is -2.16. The van der Waals surface area contributed by atoms with E-state index >= 15 is 0 Å². The Kier molecular flexibility index (Phi) is 3.13. The van der Waals surface area contributed by atoms with Crippen LogP contribution in [0.3, 0.4) is 0 Å². The van der Waals surface area contributed by atoms with Gasteiger partial charge in [-0.2, -0.15) is 0 Å². The van der Waals surface area contributed by atoms with E-state index in [0.29, 0.717) is 12.4 Å². The summed E-state index contributed by atoms with van der Waals surface area (Å²) in [6, 6.07) is 6.53. The number of anilines is 2. The first-order chi connectivity index (χ1) is 8.58. The van der Waals surface area contributed by atoms with Gasteiger partial charge >= 0.3 is 5.69 Å². The summed E-state index contributed by atoms with van der Waals surface area (Å²) in [7, 11) is 1.80. The summed E-state index contributed by atoms with van der Waals surface area (Å²) in [6.07, 6.45) is 1.58. The zero-order chi connectivity index (χ0) is 13.1. The molecule has 0 fully saturated rings. The SMILES string of the molecule is CN(Cc1ccco1)c1ccc([N+](=O)[O-])c(N)n1. The molecule has 0 atom stereocenters. The van der Waals surface area contributed by atoms with Crippen LogP contribution in [0.15, 0.2) is 34.9 Å². The van der Waals surface area contributed by atoms with Crippen molar-refractivity contribution in [2.75, 3.05) is 17.7 Å². The largest absolute Gasteiger partial charge is 0.467 e. The normalized spacial score (nSPS) is 10.3. The van der Waals surface area contributed by atoms with E-state index < -0.39 is 4.92 Å². The van der Waals surface area contributed by atoms with Crippen molar-refractivity contribution in [3.8, 4) is 0 Å². The molecule has 0 aliphatic rings. The van der Waals surface area contributed by atoms with Gasteiger partial charge in [-0.15, -0.1) is 0 Å². The number of nitrogen functional groups attached to an aromatic ring is 1. The molecule has 2 N–H and O–H groups in total. The molecule has 7 nitrogen and oxygen atoms in total. The first-order valence-electron chi connectivity index (χ1n) is 5.22. The quantitative estimate of drug-likeness (QED) is 0.654. The van der Waals surface area contributed by atoms with E-state index in [1.807, 2.05) is 6.07 Å². The first kappa shape index (κ1) is 11.9. The summed E-state index contributed by atoms with van der Waals surface area (Å²) in [5.74, 6) is 1.23. The maximum absolute atomic E-state index is 10.6. The Hall–Kier alpha value is -2.57. The predicted octanol–water partition coefficient (Wildman–Crippen LogP) is 1.80. The Bertz CT molecular complexity index is 553. The monoisotopic (exact) mass is 248 g/mol. The first-order valence-corrected chi connectivity index (χ1v) is 5.22. The number of nitrogens with zero attached hydrogens (tertiary/aromatic N) is 3. The lowest BCUT2D eigenvalue weighted by Crippen LogP contribution is -2.18. The van der Waals surface area contributed by atoms with Crippen molar-refractivity contribution in [2.45, 2.75) is 6.54 Å². The Morgan fingerprint density at radius 1 is 1.50 bits per heavy atom. The number of rotatable bonds is 4. The van der Waals surface area contributed by atoms with Gasteiger partial charge in [0.15, 0.2) is 0 Å². The highest BCUT2D eigenvalue weighted by molar-refractivity contribution is 5.57. The van der Waals surface area contributed by atoms with Gasteiger partial charge in [0, 0.05) is 13.1 Å². The molecule has 94 valence electrons. The second kappa shape index (κ2) is 4.74. The van der Waals surface area contributed by atoms with Crippen molar-refractivity contribution in [1.29, 1.82) is 0 Å². The minimum Gasteiger partial charge on any atom is -0.467 e. The molecular weight excluding hydrogens is 236 g/mol. The molecule has 18 heavy (non-hydrogen) atoms. The summed E-state index contributed by atoms with van der Waals surface area (Å²) in [5.41, 5.74) is 5.34. The van der Waals surface area contributed by atoms with E-state index in [4.69, 9.17) is 10.2 Å². The molecule has 0 unspecified atom stereocenters. The number of pyridine rings is 1. The van der Waals surface area contributed by atoms with Crippen molar-refractivity contribution >= 4 is 17.3 Å². The number of hydrogen-bond donors (Lipinski definition) is 1. The maximum Gasteiger partial charge on any atom is 0.311 e. The molecule has 0 aliphatic heterocycles. The van der Waals surface area contributed by atoms with Crippen LogP contribution in [0.2, 0.25) is 0 Å². The van der Waals surface area contributed by atoms with E-state index in [1.54, 1.807) is 30.3 Å². The molecule has 7 heteroatoms. The summed E-state index contributed by atoms with van der Waals surface area (Å²) >= 11 is 0. The average Bonchev–Trinajstić information content (AvgIpc) is 2.81. The van der Waals surface area contributed by atoms with Crippen LogP contribution in [0.1, 0.15) is 5.76 Å². The number of nitro groups is 1. The molecular formula is C11H12N4O3. The molecule has 0 saturated heterocycles. The van der Waals surface area contributed by atoms with Crippen molar-refractivity contribution in [3.05, 3.63) is 46.4 Å². The fourth-order valence-corrected chi connectivity index (χ4v) is 1.54. The van der Waals surface area contributed by atoms with Gasteiger partial charge in [0.25, 0.3) is 0 Å². The summed E-state index contributed by atoms with van der Waals surface area (Å²) < 4.78 is 5.21. The molecule has 0 radical (unpaired) electrons. The molecule has 0 spiro atoms. The zero-order valence-corrected chi connectivity index (χ0v) is 9.74. The van der Waals surface area contributed by atoms with Crippen LogP contribution in [0.5, 0.6) is 0 Å². The average molecular weight is 248 g/mol. The van der Waals surface area contributed by atoms with E-state index in [2.05, 4.69) is 4.98 Å². The Labute approximate surface area is 103 Å². The summed E-state index contributed by atoms with van der Waals surface area (Å²) in [6.45, 7) is 0.511. The highest BCUT2D eigenvalue weighted by Crippen LogP contribution is 2.23. The zero-order valence-electron chi connectivity index (χ0n) is 9.74. The molecule has 2 aromatic heterocycles. The van der Waals surface area contributed by atoms with Gasteiger partial charge in [-0.05, 0) is 18.2 Å². The number of hydrogen-bond acceptors (Lipinski definition) is 6. The third-order valence-corrected chi connectivity index (χ3v) is 2.45. The van der Waals surface area contributed by atoms with Crippen molar-refractivity contribution in [1.82, 2.24) is 4.98 Å². The topological polar surface area (TPSA) is 98.4 Å². The molecule has 2 heterocycles. The van der Waals surface area contributed by atoms with Crippen molar-refractivity contribution in [2.24, 2.45) is 0 Å². The van der Waals surface area contributed by atoms with Gasteiger partial charge in [0.2, 0.25) is 5.82 Å². The molecule has 0 saturated carbocycles. The van der Waals surface area contributed by atoms with Crippen LogP contribution in [0.25, 0.3) is 0 Å². The maximum atomic E-state index is 10.6. The second-order valence-corrected chi connectivity index (χ2v) is 3.77. The molecule has 0 bridgehead atoms. The molecule has 0 amide bonds. The molecule has 2 aromatic rings. The van der Waals surface area contributed by atoms with Crippen LogP contribution < -0.4 is 10.6 Å². The minimum absolute atomic E-state index is 0.0937. The minimum atomic E-state index is -0.557. The van der Waals surface area contributed by atoms with E-state index in [9.17, 15) is 10.1 Å². The van der Waals surface area contributed by atoms with Crippen molar-refractivity contribution in [3.63, 3.8) is 0 Å². The number of furan rings is 1. The third kappa shape index (κ3) is 2.40.